The zero-order valence-electron chi connectivity index (χ0n) is 15.6. The molecule has 0 aliphatic rings. The fraction of sp³-hybridized carbons (Fsp3) is 0.190. The van der Waals surface area contributed by atoms with Crippen LogP contribution in [0.1, 0.15) is 32.5 Å². The van der Waals surface area contributed by atoms with Gasteiger partial charge in [0.25, 0.3) is 5.89 Å². The van der Waals surface area contributed by atoms with Crippen LogP contribution >= 0.6 is 11.3 Å². The van der Waals surface area contributed by atoms with Gasteiger partial charge in [0.15, 0.2) is 6.61 Å². The predicted molar refractivity (Wildman–Crippen MR) is 106 cm³/mol. The summed E-state index contributed by atoms with van der Waals surface area (Å²) in [5.74, 6) is 0.338. The lowest BCUT2D eigenvalue weighted by atomic mass is 10.2. The van der Waals surface area contributed by atoms with Crippen molar-refractivity contribution in [3.05, 3.63) is 81.6 Å². The van der Waals surface area contributed by atoms with Gasteiger partial charge in [-0.1, -0.05) is 41.6 Å². The highest BCUT2D eigenvalue weighted by molar-refractivity contribution is 7.09. The van der Waals surface area contributed by atoms with Crippen molar-refractivity contribution in [2.24, 2.45) is 0 Å². The SMILES string of the molecule is Cc1cc(C(=O)OCc2nc(-c3ccccc3)no2)c(C)n1Cc1cccs1. The van der Waals surface area contributed by atoms with Crippen LogP contribution in [0.15, 0.2) is 58.4 Å². The van der Waals surface area contributed by atoms with Crippen molar-refractivity contribution in [3.63, 3.8) is 0 Å². The van der Waals surface area contributed by atoms with Gasteiger partial charge in [-0.2, -0.15) is 4.98 Å². The van der Waals surface area contributed by atoms with E-state index < -0.39 is 5.97 Å². The maximum Gasteiger partial charge on any atom is 0.340 e. The molecule has 6 nitrogen and oxygen atoms in total. The molecule has 0 saturated heterocycles. The van der Waals surface area contributed by atoms with Crippen LogP contribution in [0.2, 0.25) is 0 Å². The minimum Gasteiger partial charge on any atom is -0.452 e. The number of carbonyl (C=O) groups is 1. The van der Waals surface area contributed by atoms with E-state index in [2.05, 4.69) is 20.8 Å². The number of carbonyl (C=O) groups excluding carboxylic acids is 1. The monoisotopic (exact) mass is 393 g/mol. The molecule has 4 aromatic rings. The Labute approximate surface area is 166 Å². The fourth-order valence-electron chi connectivity index (χ4n) is 3.03. The summed E-state index contributed by atoms with van der Waals surface area (Å²) >= 11 is 1.70. The van der Waals surface area contributed by atoms with Crippen LogP contribution in [0.25, 0.3) is 11.4 Å². The van der Waals surface area contributed by atoms with Crippen LogP contribution in [0.4, 0.5) is 0 Å². The van der Waals surface area contributed by atoms with E-state index in [1.165, 1.54) is 4.88 Å². The van der Waals surface area contributed by atoms with Gasteiger partial charge in [0, 0.05) is 21.8 Å². The number of ether oxygens (including phenoxy) is 1. The summed E-state index contributed by atoms with van der Waals surface area (Å²) in [5, 5.41) is 5.98. The molecule has 7 heteroatoms. The Bertz CT molecular complexity index is 1080. The van der Waals surface area contributed by atoms with E-state index >= 15 is 0 Å². The molecule has 4 rings (SSSR count). The van der Waals surface area contributed by atoms with Crippen molar-refractivity contribution in [1.29, 1.82) is 0 Å². The van der Waals surface area contributed by atoms with Crippen LogP contribution < -0.4 is 0 Å². The van der Waals surface area contributed by atoms with Gasteiger partial charge < -0.3 is 13.8 Å². The Hall–Kier alpha value is -3.19. The highest BCUT2D eigenvalue weighted by Crippen LogP contribution is 2.21. The third kappa shape index (κ3) is 3.75. The zero-order chi connectivity index (χ0) is 19.5. The average Bonchev–Trinajstić information content (AvgIpc) is 3.45. The molecule has 0 spiro atoms. The van der Waals surface area contributed by atoms with Crippen LogP contribution in [-0.2, 0) is 17.9 Å². The van der Waals surface area contributed by atoms with E-state index in [4.69, 9.17) is 9.26 Å². The van der Waals surface area contributed by atoms with E-state index in [1.54, 1.807) is 11.3 Å². The molecular weight excluding hydrogens is 374 g/mol. The van der Waals surface area contributed by atoms with Crippen LogP contribution in [0, 0.1) is 13.8 Å². The summed E-state index contributed by atoms with van der Waals surface area (Å²) in [6.07, 6.45) is 0. The maximum atomic E-state index is 12.6. The Balaban J connectivity index is 1.44. The number of hydrogen-bond donors (Lipinski definition) is 0. The average molecular weight is 393 g/mol. The molecular formula is C21H19N3O3S. The van der Waals surface area contributed by atoms with Gasteiger partial charge in [0.1, 0.15) is 0 Å². The highest BCUT2D eigenvalue weighted by atomic mass is 32.1. The Morgan fingerprint density at radius 1 is 1.18 bits per heavy atom. The number of esters is 1. The first kappa shape index (κ1) is 18.2. The summed E-state index contributed by atoms with van der Waals surface area (Å²) in [6.45, 7) is 4.60. The van der Waals surface area contributed by atoms with Crippen LogP contribution in [0.5, 0.6) is 0 Å². The number of aryl methyl sites for hydroxylation is 1. The largest absolute Gasteiger partial charge is 0.452 e. The minimum absolute atomic E-state index is 0.0622. The third-order valence-electron chi connectivity index (χ3n) is 4.51. The molecule has 0 aliphatic heterocycles. The van der Waals surface area contributed by atoms with Crippen molar-refractivity contribution in [2.45, 2.75) is 27.0 Å². The molecule has 0 saturated carbocycles. The van der Waals surface area contributed by atoms with Gasteiger partial charge in [0.05, 0.1) is 12.1 Å². The number of hydrogen-bond acceptors (Lipinski definition) is 6. The van der Waals surface area contributed by atoms with Crippen molar-refractivity contribution < 1.29 is 14.1 Å². The van der Waals surface area contributed by atoms with E-state index in [-0.39, 0.29) is 12.5 Å². The zero-order valence-corrected chi connectivity index (χ0v) is 16.4. The second-order valence-corrected chi connectivity index (χ2v) is 7.44. The molecule has 3 heterocycles. The standard InChI is InChI=1S/C21H19N3O3S/c1-14-11-18(15(2)24(14)12-17-9-6-10-28-17)21(25)26-13-19-22-20(23-27-19)16-7-4-3-5-8-16/h3-11H,12-13H2,1-2H3. The maximum absolute atomic E-state index is 12.6. The number of rotatable bonds is 6. The molecule has 0 unspecified atom stereocenters. The van der Waals surface area contributed by atoms with Gasteiger partial charge in [-0.3, -0.25) is 0 Å². The summed E-state index contributed by atoms with van der Waals surface area (Å²) in [7, 11) is 0. The lowest BCUT2D eigenvalue weighted by Gasteiger charge is -2.08. The van der Waals surface area contributed by atoms with Gasteiger partial charge in [-0.15, -0.1) is 11.3 Å². The van der Waals surface area contributed by atoms with Crippen LogP contribution in [0.3, 0.4) is 0 Å². The number of thiophene rings is 1. The van der Waals surface area contributed by atoms with Crippen molar-refractivity contribution in [2.75, 3.05) is 0 Å². The molecule has 142 valence electrons. The van der Waals surface area contributed by atoms with E-state index in [9.17, 15) is 4.79 Å². The van der Waals surface area contributed by atoms with Crippen LogP contribution in [-0.4, -0.2) is 20.7 Å². The highest BCUT2D eigenvalue weighted by Gasteiger charge is 2.19. The van der Waals surface area contributed by atoms with Crippen molar-refractivity contribution >= 4 is 17.3 Å². The smallest absolute Gasteiger partial charge is 0.340 e. The van der Waals surface area contributed by atoms with Gasteiger partial charge in [-0.05, 0) is 31.4 Å². The lowest BCUT2D eigenvalue weighted by Crippen LogP contribution is -2.08. The summed E-state index contributed by atoms with van der Waals surface area (Å²) in [4.78, 5) is 18.1. The normalized spacial score (nSPS) is 10.9. The quantitative estimate of drug-likeness (QED) is 0.447. The number of aromatic nitrogens is 3. The first-order valence-electron chi connectivity index (χ1n) is 8.86. The molecule has 0 bridgehead atoms. The van der Waals surface area contributed by atoms with E-state index in [0.717, 1.165) is 23.5 Å². The summed E-state index contributed by atoms with van der Waals surface area (Å²) < 4.78 is 12.7. The lowest BCUT2D eigenvalue weighted by molar-refractivity contribution is 0.0429. The Morgan fingerprint density at radius 2 is 2.00 bits per heavy atom. The first-order valence-corrected chi connectivity index (χ1v) is 9.74. The van der Waals surface area contributed by atoms with Crippen molar-refractivity contribution in [3.8, 4) is 11.4 Å². The number of nitrogens with zero attached hydrogens (tertiary/aromatic N) is 3. The molecule has 0 aliphatic carbocycles. The molecule has 1 aromatic carbocycles. The van der Waals surface area contributed by atoms with Gasteiger partial charge >= 0.3 is 5.97 Å². The first-order chi connectivity index (χ1) is 13.6. The Kier molecular flexibility index (Phi) is 5.08. The van der Waals surface area contributed by atoms with Crippen molar-refractivity contribution in [1.82, 2.24) is 14.7 Å². The fourth-order valence-corrected chi connectivity index (χ4v) is 3.73. The van der Waals surface area contributed by atoms with E-state index in [0.29, 0.717) is 11.4 Å². The molecule has 0 fully saturated rings. The van der Waals surface area contributed by atoms with Gasteiger partial charge in [-0.25, -0.2) is 4.79 Å². The molecule has 0 radical (unpaired) electrons. The summed E-state index contributed by atoms with van der Waals surface area (Å²) in [6, 6.07) is 15.5. The van der Waals surface area contributed by atoms with Gasteiger partial charge in [0.2, 0.25) is 5.82 Å². The molecule has 28 heavy (non-hydrogen) atoms. The summed E-state index contributed by atoms with van der Waals surface area (Å²) in [5.41, 5.74) is 3.30. The molecule has 0 amide bonds. The molecule has 0 N–H and O–H groups in total. The van der Waals surface area contributed by atoms with E-state index in [1.807, 2.05) is 61.7 Å². The topological polar surface area (TPSA) is 70.2 Å². The molecule has 0 atom stereocenters. The molecule has 3 aromatic heterocycles. The Morgan fingerprint density at radius 3 is 2.75 bits per heavy atom. The second kappa shape index (κ2) is 7.82. The third-order valence-corrected chi connectivity index (χ3v) is 5.38. The second-order valence-electron chi connectivity index (χ2n) is 6.40. The predicted octanol–water partition coefficient (Wildman–Crippen LogP) is 4.62. The minimum atomic E-state index is -0.398. The number of benzene rings is 1.